The van der Waals surface area contributed by atoms with Crippen molar-refractivity contribution in [2.75, 3.05) is 32.8 Å². The van der Waals surface area contributed by atoms with Gasteiger partial charge in [-0.05, 0) is 56.8 Å². The van der Waals surface area contributed by atoms with Crippen LogP contribution in [-0.2, 0) is 4.74 Å². The Morgan fingerprint density at radius 3 is 2.64 bits per heavy atom. The summed E-state index contributed by atoms with van der Waals surface area (Å²) in [7, 11) is 0. The summed E-state index contributed by atoms with van der Waals surface area (Å²) in [6.45, 7) is 7.42. The molecule has 4 rings (SSSR count). The third kappa shape index (κ3) is 3.97. The third-order valence-corrected chi connectivity index (χ3v) is 7.04. The quantitative estimate of drug-likeness (QED) is 0.849. The van der Waals surface area contributed by atoms with Crippen LogP contribution in [0.5, 0.6) is 0 Å². The second-order valence-electron chi connectivity index (χ2n) is 8.81. The summed E-state index contributed by atoms with van der Waals surface area (Å²) in [6, 6.07) is 1.05. The number of urea groups is 1. The molecule has 5 nitrogen and oxygen atoms in total. The van der Waals surface area contributed by atoms with E-state index in [2.05, 4.69) is 22.0 Å². The van der Waals surface area contributed by atoms with Crippen molar-refractivity contribution in [2.24, 2.45) is 11.8 Å². The van der Waals surface area contributed by atoms with E-state index in [0.717, 1.165) is 45.1 Å². The number of nitrogens with zero attached hydrogens (tertiary/aromatic N) is 2. The zero-order chi connectivity index (χ0) is 17.2. The smallest absolute Gasteiger partial charge is 0.317 e. The van der Waals surface area contributed by atoms with E-state index in [0.29, 0.717) is 24.1 Å². The van der Waals surface area contributed by atoms with Crippen LogP contribution in [0, 0.1) is 11.8 Å². The van der Waals surface area contributed by atoms with Gasteiger partial charge in [-0.25, -0.2) is 4.79 Å². The highest BCUT2D eigenvalue weighted by molar-refractivity contribution is 5.75. The van der Waals surface area contributed by atoms with Gasteiger partial charge in [0.1, 0.15) is 0 Å². The Kier molecular flexibility index (Phi) is 5.51. The van der Waals surface area contributed by atoms with E-state index in [4.69, 9.17) is 4.74 Å². The number of amides is 2. The Bertz CT molecular complexity index is 462. The zero-order valence-corrected chi connectivity index (χ0v) is 15.8. The molecule has 5 heteroatoms. The molecule has 0 aromatic carbocycles. The molecule has 0 spiro atoms. The summed E-state index contributed by atoms with van der Waals surface area (Å²) < 4.78 is 5.78. The van der Waals surface area contributed by atoms with E-state index in [9.17, 15) is 4.79 Å². The molecule has 0 bridgehead atoms. The fourth-order valence-electron chi connectivity index (χ4n) is 5.29. The first kappa shape index (κ1) is 17.6. The first-order valence-corrected chi connectivity index (χ1v) is 10.6. The molecule has 3 aliphatic heterocycles. The lowest BCUT2D eigenvalue weighted by atomic mass is 9.79. The monoisotopic (exact) mass is 349 g/mol. The van der Waals surface area contributed by atoms with Crippen molar-refractivity contribution in [1.82, 2.24) is 15.1 Å². The minimum Gasteiger partial charge on any atom is -0.377 e. The van der Waals surface area contributed by atoms with E-state index in [1.807, 2.05) is 0 Å². The van der Waals surface area contributed by atoms with E-state index in [1.54, 1.807) is 0 Å². The van der Waals surface area contributed by atoms with Crippen LogP contribution in [0.3, 0.4) is 0 Å². The third-order valence-electron chi connectivity index (χ3n) is 7.04. The maximum absolute atomic E-state index is 12.9. The van der Waals surface area contributed by atoms with Gasteiger partial charge in [-0.2, -0.15) is 0 Å². The van der Waals surface area contributed by atoms with Crippen molar-refractivity contribution in [2.45, 2.75) is 76.5 Å². The molecule has 4 atom stereocenters. The van der Waals surface area contributed by atoms with Gasteiger partial charge in [0.15, 0.2) is 0 Å². The molecule has 0 radical (unpaired) electrons. The number of rotatable bonds is 4. The molecule has 0 aromatic heterocycles. The average molecular weight is 350 g/mol. The number of hydrogen-bond acceptors (Lipinski definition) is 3. The van der Waals surface area contributed by atoms with E-state index in [-0.39, 0.29) is 6.03 Å². The molecule has 142 valence electrons. The molecule has 0 aromatic rings. The van der Waals surface area contributed by atoms with E-state index >= 15 is 0 Å². The van der Waals surface area contributed by atoms with Gasteiger partial charge in [0.25, 0.3) is 0 Å². The van der Waals surface area contributed by atoms with Crippen LogP contribution in [0.1, 0.15) is 58.3 Å². The summed E-state index contributed by atoms with van der Waals surface area (Å²) in [5.74, 6) is 1.29. The SMILES string of the molecule is C[C@@H]1CN(C[C@@H]2CCCO2)CC[C@H]1NC(=O)N1CCC[C@@H]1C1CCC1. The van der Waals surface area contributed by atoms with Crippen LogP contribution in [0.4, 0.5) is 4.79 Å². The van der Waals surface area contributed by atoms with Crippen LogP contribution in [0.25, 0.3) is 0 Å². The Hall–Kier alpha value is -0.810. The van der Waals surface area contributed by atoms with Crippen molar-refractivity contribution >= 4 is 6.03 Å². The molecule has 25 heavy (non-hydrogen) atoms. The highest BCUT2D eigenvalue weighted by Crippen LogP contribution is 2.37. The first-order valence-electron chi connectivity index (χ1n) is 10.6. The fraction of sp³-hybridized carbons (Fsp3) is 0.950. The van der Waals surface area contributed by atoms with Gasteiger partial charge in [0.2, 0.25) is 0 Å². The highest BCUT2D eigenvalue weighted by Gasteiger charge is 2.38. The number of hydrogen-bond donors (Lipinski definition) is 1. The van der Waals surface area contributed by atoms with Crippen molar-refractivity contribution in [3.8, 4) is 0 Å². The lowest BCUT2D eigenvalue weighted by Gasteiger charge is -2.40. The summed E-state index contributed by atoms with van der Waals surface area (Å²) in [5.41, 5.74) is 0. The Morgan fingerprint density at radius 2 is 1.96 bits per heavy atom. The molecule has 3 saturated heterocycles. The van der Waals surface area contributed by atoms with Crippen LogP contribution in [-0.4, -0.2) is 66.8 Å². The predicted octanol–water partition coefficient (Wildman–Crippen LogP) is 2.85. The van der Waals surface area contributed by atoms with E-state index in [1.165, 1.54) is 44.9 Å². The molecule has 2 amide bonds. The number of carbonyl (C=O) groups is 1. The van der Waals surface area contributed by atoms with Gasteiger partial charge in [-0.15, -0.1) is 0 Å². The minimum atomic E-state index is 0.207. The molecule has 4 aliphatic rings. The Labute approximate surface area is 152 Å². The number of piperidine rings is 1. The number of carbonyl (C=O) groups excluding carboxylic acids is 1. The summed E-state index contributed by atoms with van der Waals surface area (Å²) in [4.78, 5) is 17.6. The molecule has 3 heterocycles. The summed E-state index contributed by atoms with van der Waals surface area (Å²) >= 11 is 0. The number of nitrogens with one attached hydrogen (secondary N) is 1. The topological polar surface area (TPSA) is 44.8 Å². The number of ether oxygens (including phenoxy) is 1. The molecular formula is C20H35N3O2. The molecular weight excluding hydrogens is 314 g/mol. The summed E-state index contributed by atoms with van der Waals surface area (Å²) in [6.07, 6.45) is 10.3. The van der Waals surface area contributed by atoms with Crippen molar-refractivity contribution in [3.63, 3.8) is 0 Å². The Morgan fingerprint density at radius 1 is 1.08 bits per heavy atom. The minimum absolute atomic E-state index is 0.207. The van der Waals surface area contributed by atoms with Crippen molar-refractivity contribution < 1.29 is 9.53 Å². The van der Waals surface area contributed by atoms with Gasteiger partial charge in [0.05, 0.1) is 6.10 Å². The Balaban J connectivity index is 1.25. The molecule has 4 fully saturated rings. The van der Waals surface area contributed by atoms with Crippen LogP contribution in [0.15, 0.2) is 0 Å². The molecule has 0 unspecified atom stereocenters. The maximum Gasteiger partial charge on any atom is 0.317 e. The zero-order valence-electron chi connectivity index (χ0n) is 15.8. The molecule has 1 N–H and O–H groups in total. The maximum atomic E-state index is 12.9. The first-order chi connectivity index (χ1) is 12.2. The van der Waals surface area contributed by atoms with Gasteiger partial charge < -0.3 is 19.9 Å². The predicted molar refractivity (Wildman–Crippen MR) is 98.6 cm³/mol. The van der Waals surface area contributed by atoms with Gasteiger partial charge in [0, 0.05) is 44.9 Å². The van der Waals surface area contributed by atoms with Crippen LogP contribution in [0.2, 0.25) is 0 Å². The molecule has 1 saturated carbocycles. The molecule has 1 aliphatic carbocycles. The number of likely N-dealkylation sites (tertiary alicyclic amines) is 2. The average Bonchev–Trinajstić information content (AvgIpc) is 3.20. The van der Waals surface area contributed by atoms with Crippen LogP contribution < -0.4 is 5.32 Å². The van der Waals surface area contributed by atoms with Gasteiger partial charge in [-0.3, -0.25) is 0 Å². The largest absolute Gasteiger partial charge is 0.377 e. The normalized spacial score (nSPS) is 37.2. The van der Waals surface area contributed by atoms with Crippen molar-refractivity contribution in [1.29, 1.82) is 0 Å². The van der Waals surface area contributed by atoms with E-state index < -0.39 is 0 Å². The lowest BCUT2D eigenvalue weighted by Crippen LogP contribution is -2.55. The van der Waals surface area contributed by atoms with Gasteiger partial charge >= 0.3 is 6.03 Å². The second-order valence-corrected chi connectivity index (χ2v) is 8.81. The van der Waals surface area contributed by atoms with Gasteiger partial charge in [-0.1, -0.05) is 13.3 Å². The lowest BCUT2D eigenvalue weighted by molar-refractivity contribution is 0.0510. The second kappa shape index (κ2) is 7.83. The van der Waals surface area contributed by atoms with Crippen LogP contribution >= 0.6 is 0 Å². The summed E-state index contributed by atoms with van der Waals surface area (Å²) in [5, 5.41) is 3.39. The highest BCUT2D eigenvalue weighted by atomic mass is 16.5. The fourth-order valence-corrected chi connectivity index (χ4v) is 5.29. The van der Waals surface area contributed by atoms with Crippen molar-refractivity contribution in [3.05, 3.63) is 0 Å². The standard InChI is InChI=1S/C20H35N3O2/c1-15-13-22(14-17-7-4-12-25-17)11-9-18(15)21-20(24)23-10-3-8-19(23)16-5-2-6-16/h15-19H,2-14H2,1H3,(H,21,24)/t15-,17+,18-,19-/m1/s1.